The number of fused-ring (bicyclic) bond motifs is 1. The van der Waals surface area contributed by atoms with Gasteiger partial charge in [-0.3, -0.25) is 4.79 Å². The molecule has 1 N–H and O–H groups in total. The van der Waals surface area contributed by atoms with Crippen LogP contribution in [0, 0.1) is 19.8 Å². The van der Waals surface area contributed by atoms with Crippen molar-refractivity contribution in [3.8, 4) is 0 Å². The highest BCUT2D eigenvalue weighted by atomic mass is 32.2. The minimum absolute atomic E-state index is 0.0817. The van der Waals surface area contributed by atoms with Crippen LogP contribution in [0.5, 0.6) is 0 Å². The third-order valence-electron chi connectivity index (χ3n) is 6.13. The summed E-state index contributed by atoms with van der Waals surface area (Å²) in [4.78, 5) is 21.7. The lowest BCUT2D eigenvalue weighted by molar-refractivity contribution is -0.115. The molecule has 1 saturated carbocycles. The number of benzene rings is 1. The first-order valence-corrected chi connectivity index (χ1v) is 12.4. The number of carbonyl (C=O) groups is 1. The fraction of sp³-hybridized carbons (Fsp3) is 0.500. The Labute approximate surface area is 193 Å². The summed E-state index contributed by atoms with van der Waals surface area (Å²) >= 11 is 1.47. The van der Waals surface area contributed by atoms with Crippen LogP contribution in [0.25, 0.3) is 5.78 Å². The fourth-order valence-corrected chi connectivity index (χ4v) is 4.72. The number of thioether (sulfide) groups is 1. The normalized spacial score (nSPS) is 18.8. The maximum absolute atomic E-state index is 12.8. The van der Waals surface area contributed by atoms with Crippen molar-refractivity contribution in [2.24, 2.45) is 5.92 Å². The SMILES string of the molecule is CSc1nc2nc(C)c(CC(=O)Nc3cccc(COC4CCCC(C)C4)c3)c(C)n2n1. The monoisotopic (exact) mass is 453 g/mol. The van der Waals surface area contributed by atoms with Gasteiger partial charge in [0.25, 0.3) is 5.78 Å². The Morgan fingerprint density at radius 2 is 2.12 bits per heavy atom. The van der Waals surface area contributed by atoms with Gasteiger partial charge in [-0.25, -0.2) is 9.50 Å². The molecule has 0 aliphatic heterocycles. The van der Waals surface area contributed by atoms with Gasteiger partial charge >= 0.3 is 0 Å². The highest BCUT2D eigenvalue weighted by Gasteiger charge is 2.19. The van der Waals surface area contributed by atoms with Crippen molar-refractivity contribution in [1.82, 2.24) is 19.6 Å². The van der Waals surface area contributed by atoms with Crippen molar-refractivity contribution >= 4 is 29.1 Å². The minimum Gasteiger partial charge on any atom is -0.374 e. The highest BCUT2D eigenvalue weighted by molar-refractivity contribution is 7.98. The summed E-state index contributed by atoms with van der Waals surface area (Å²) in [6, 6.07) is 7.91. The number of hydrogen-bond acceptors (Lipinski definition) is 6. The zero-order chi connectivity index (χ0) is 22.7. The Hall–Kier alpha value is -2.45. The molecule has 1 aliphatic rings. The number of anilines is 1. The van der Waals surface area contributed by atoms with Crippen LogP contribution in [0.1, 0.15) is 55.1 Å². The number of carbonyl (C=O) groups excluding carboxylic acids is 1. The summed E-state index contributed by atoms with van der Waals surface area (Å²) in [5, 5.41) is 8.15. The molecule has 170 valence electrons. The molecule has 2 heterocycles. The Balaban J connectivity index is 1.40. The van der Waals surface area contributed by atoms with Crippen LogP contribution in [0.4, 0.5) is 5.69 Å². The van der Waals surface area contributed by atoms with E-state index in [9.17, 15) is 4.79 Å². The number of nitrogens with zero attached hydrogens (tertiary/aromatic N) is 4. The van der Waals surface area contributed by atoms with E-state index in [1.165, 1.54) is 24.6 Å². The lowest BCUT2D eigenvalue weighted by Gasteiger charge is -2.26. The summed E-state index contributed by atoms with van der Waals surface area (Å²) in [5.41, 5.74) is 4.42. The van der Waals surface area contributed by atoms with E-state index in [4.69, 9.17) is 4.74 Å². The third-order valence-corrected chi connectivity index (χ3v) is 6.67. The summed E-state index contributed by atoms with van der Waals surface area (Å²) in [5.74, 6) is 1.22. The summed E-state index contributed by atoms with van der Waals surface area (Å²) in [6.07, 6.45) is 7.33. The van der Waals surface area contributed by atoms with Crippen LogP contribution in [-0.2, 0) is 22.6 Å². The van der Waals surface area contributed by atoms with E-state index in [0.29, 0.717) is 23.6 Å². The van der Waals surface area contributed by atoms with E-state index >= 15 is 0 Å². The predicted octanol–water partition coefficient (Wildman–Crippen LogP) is 4.74. The first kappa shape index (κ1) is 22.7. The van der Waals surface area contributed by atoms with Crippen molar-refractivity contribution in [3.05, 3.63) is 46.8 Å². The standard InChI is InChI=1S/C24H31N5O2S/c1-15-7-5-10-20(11-15)31-14-18-8-6-9-19(12-18)26-22(30)13-21-16(2)25-23-27-24(32-4)28-29(23)17(21)3/h6,8-9,12,15,20H,5,7,10-11,13-14H2,1-4H3,(H,26,30). The number of ether oxygens (including phenoxy) is 1. The first-order chi connectivity index (χ1) is 15.4. The fourth-order valence-electron chi connectivity index (χ4n) is 4.38. The molecule has 0 radical (unpaired) electrons. The molecule has 2 atom stereocenters. The van der Waals surface area contributed by atoms with Crippen LogP contribution < -0.4 is 5.32 Å². The maximum Gasteiger partial charge on any atom is 0.253 e. The molecule has 1 fully saturated rings. The zero-order valence-corrected chi connectivity index (χ0v) is 20.0. The van der Waals surface area contributed by atoms with Crippen LogP contribution in [-0.4, -0.2) is 37.8 Å². The van der Waals surface area contributed by atoms with Gasteiger partial charge in [0.15, 0.2) is 0 Å². The van der Waals surface area contributed by atoms with Crippen molar-refractivity contribution in [1.29, 1.82) is 0 Å². The molecule has 0 spiro atoms. The molecule has 1 aliphatic carbocycles. The summed E-state index contributed by atoms with van der Waals surface area (Å²) < 4.78 is 7.85. The van der Waals surface area contributed by atoms with Crippen LogP contribution in [0.2, 0.25) is 0 Å². The second-order valence-electron chi connectivity index (χ2n) is 8.70. The highest BCUT2D eigenvalue weighted by Crippen LogP contribution is 2.26. The number of amides is 1. The molecule has 7 nitrogen and oxygen atoms in total. The largest absolute Gasteiger partial charge is 0.374 e. The molecule has 32 heavy (non-hydrogen) atoms. The van der Waals surface area contributed by atoms with E-state index in [-0.39, 0.29) is 12.3 Å². The van der Waals surface area contributed by atoms with E-state index in [2.05, 4.69) is 27.3 Å². The lowest BCUT2D eigenvalue weighted by Crippen LogP contribution is -2.21. The molecule has 3 aromatic rings. The Morgan fingerprint density at radius 3 is 2.91 bits per heavy atom. The molecule has 4 rings (SSSR count). The number of hydrogen-bond donors (Lipinski definition) is 1. The van der Waals surface area contributed by atoms with Gasteiger partial charge in [0.2, 0.25) is 11.1 Å². The summed E-state index contributed by atoms with van der Waals surface area (Å²) in [7, 11) is 0. The Bertz CT molecular complexity index is 1110. The minimum atomic E-state index is -0.0817. The average molecular weight is 454 g/mol. The molecular weight excluding hydrogens is 422 g/mol. The Kier molecular flexibility index (Phi) is 7.10. The smallest absolute Gasteiger partial charge is 0.253 e. The molecule has 2 aromatic heterocycles. The van der Waals surface area contributed by atoms with Crippen LogP contribution in [0.15, 0.2) is 29.4 Å². The zero-order valence-electron chi connectivity index (χ0n) is 19.2. The van der Waals surface area contributed by atoms with Gasteiger partial charge in [-0.1, -0.05) is 43.7 Å². The maximum atomic E-state index is 12.8. The van der Waals surface area contributed by atoms with E-state index in [1.54, 1.807) is 4.52 Å². The first-order valence-electron chi connectivity index (χ1n) is 11.2. The third kappa shape index (κ3) is 5.30. The Morgan fingerprint density at radius 1 is 1.28 bits per heavy atom. The molecule has 1 amide bonds. The van der Waals surface area contributed by atoms with Crippen LogP contribution >= 0.6 is 11.8 Å². The van der Waals surface area contributed by atoms with Gasteiger partial charge in [-0.15, -0.1) is 5.10 Å². The van der Waals surface area contributed by atoms with Gasteiger partial charge < -0.3 is 10.1 Å². The van der Waals surface area contributed by atoms with Crippen molar-refractivity contribution in [3.63, 3.8) is 0 Å². The van der Waals surface area contributed by atoms with Gasteiger partial charge in [-0.05, 0) is 56.6 Å². The molecular formula is C24H31N5O2S. The lowest BCUT2D eigenvalue weighted by atomic mass is 9.89. The van der Waals surface area contributed by atoms with Gasteiger partial charge in [0.05, 0.1) is 19.1 Å². The molecule has 1 aromatic carbocycles. The van der Waals surface area contributed by atoms with Gasteiger partial charge in [0.1, 0.15) is 0 Å². The molecule has 0 saturated heterocycles. The summed E-state index contributed by atoms with van der Waals surface area (Å²) in [6.45, 7) is 6.73. The predicted molar refractivity (Wildman–Crippen MR) is 127 cm³/mol. The molecule has 0 bridgehead atoms. The van der Waals surface area contributed by atoms with E-state index in [0.717, 1.165) is 47.0 Å². The number of nitrogens with one attached hydrogen (secondary N) is 1. The number of aryl methyl sites for hydroxylation is 2. The second-order valence-corrected chi connectivity index (χ2v) is 9.48. The van der Waals surface area contributed by atoms with Crippen molar-refractivity contribution in [2.45, 2.75) is 70.7 Å². The van der Waals surface area contributed by atoms with E-state index < -0.39 is 0 Å². The molecule has 2 unspecified atom stereocenters. The second kappa shape index (κ2) is 10.0. The van der Waals surface area contributed by atoms with E-state index in [1.807, 2.05) is 44.4 Å². The van der Waals surface area contributed by atoms with Crippen molar-refractivity contribution < 1.29 is 9.53 Å². The van der Waals surface area contributed by atoms with Gasteiger partial charge in [0, 0.05) is 22.6 Å². The topological polar surface area (TPSA) is 81.4 Å². The number of aromatic nitrogens is 4. The molecule has 8 heteroatoms. The van der Waals surface area contributed by atoms with Gasteiger partial charge in [-0.2, -0.15) is 4.98 Å². The van der Waals surface area contributed by atoms with Crippen LogP contribution in [0.3, 0.4) is 0 Å². The van der Waals surface area contributed by atoms with Crippen molar-refractivity contribution in [2.75, 3.05) is 11.6 Å². The quantitative estimate of drug-likeness (QED) is 0.521. The average Bonchev–Trinajstić information content (AvgIpc) is 3.19. The number of rotatable bonds is 7.